The van der Waals surface area contributed by atoms with Gasteiger partial charge in [-0.2, -0.15) is 9.78 Å². The van der Waals surface area contributed by atoms with E-state index >= 15 is 0 Å². The Balaban J connectivity index is 2.52. The van der Waals surface area contributed by atoms with E-state index in [4.69, 9.17) is 15.2 Å². The van der Waals surface area contributed by atoms with E-state index in [-0.39, 0.29) is 18.1 Å². The Morgan fingerprint density at radius 1 is 1.25 bits per heavy atom. The van der Waals surface area contributed by atoms with E-state index in [2.05, 4.69) is 5.10 Å². The maximum atomic E-state index is 12.3. The third kappa shape index (κ3) is 3.97. The molecule has 8 heteroatoms. The van der Waals surface area contributed by atoms with Gasteiger partial charge in [0, 0.05) is 0 Å². The number of primary amides is 1. The van der Waals surface area contributed by atoms with Crippen LogP contribution in [-0.4, -0.2) is 34.9 Å². The minimum absolute atomic E-state index is 0.124. The number of aryl methyl sites for hydroxylation is 1. The summed E-state index contributed by atoms with van der Waals surface area (Å²) in [4.78, 5) is 35.2. The molecule has 0 saturated carbocycles. The summed E-state index contributed by atoms with van der Waals surface area (Å²) in [5.41, 5.74) is 5.78. The number of nitrogens with zero attached hydrogens (tertiary/aromatic N) is 2. The largest absolute Gasteiger partial charge is 0.481 e. The van der Waals surface area contributed by atoms with Gasteiger partial charge in [0.15, 0.2) is 12.4 Å². The second-order valence-electron chi connectivity index (χ2n) is 4.92. The van der Waals surface area contributed by atoms with Crippen LogP contribution in [0.15, 0.2) is 35.1 Å². The van der Waals surface area contributed by atoms with Gasteiger partial charge < -0.3 is 15.2 Å². The van der Waals surface area contributed by atoms with Crippen molar-refractivity contribution >= 4 is 11.9 Å². The number of nitrogens with two attached hydrogens (primary N) is 1. The quantitative estimate of drug-likeness (QED) is 0.775. The summed E-state index contributed by atoms with van der Waals surface area (Å²) in [5, 5.41) is 4.02. The van der Waals surface area contributed by atoms with Crippen LogP contribution in [0, 0.1) is 6.92 Å². The van der Waals surface area contributed by atoms with E-state index in [0.717, 1.165) is 16.3 Å². The number of ether oxygens (including phenoxy) is 2. The lowest BCUT2D eigenvalue weighted by atomic mass is 10.2. The zero-order valence-corrected chi connectivity index (χ0v) is 13.3. The number of carbonyl (C=O) groups is 2. The molecule has 0 atom stereocenters. The van der Waals surface area contributed by atoms with Crippen LogP contribution in [0.25, 0.3) is 5.69 Å². The standard InChI is InChI=1S/C16H17N3O5/c1-3-23-16(22)15-12(24-9-13(17)20)8-14(21)19(18-15)11-6-4-10(2)5-7-11/h4-8H,3,9H2,1-2H3,(H2,17,20). The molecule has 2 rings (SSSR count). The molecule has 0 unspecified atom stereocenters. The fourth-order valence-corrected chi connectivity index (χ4v) is 1.91. The molecular weight excluding hydrogens is 314 g/mol. The van der Waals surface area contributed by atoms with Crippen molar-refractivity contribution in [1.82, 2.24) is 9.78 Å². The van der Waals surface area contributed by atoms with Crippen LogP contribution in [0.1, 0.15) is 23.0 Å². The van der Waals surface area contributed by atoms with Gasteiger partial charge in [0.25, 0.3) is 11.5 Å². The van der Waals surface area contributed by atoms with E-state index < -0.39 is 24.0 Å². The van der Waals surface area contributed by atoms with Gasteiger partial charge >= 0.3 is 5.97 Å². The molecule has 0 aliphatic carbocycles. The van der Waals surface area contributed by atoms with Crippen molar-refractivity contribution in [2.24, 2.45) is 5.73 Å². The van der Waals surface area contributed by atoms with E-state index in [1.165, 1.54) is 0 Å². The molecule has 0 radical (unpaired) electrons. The minimum atomic E-state index is -0.766. The molecule has 0 fully saturated rings. The number of hydrogen-bond acceptors (Lipinski definition) is 6. The summed E-state index contributed by atoms with van der Waals surface area (Å²) in [6.45, 7) is 3.18. The summed E-state index contributed by atoms with van der Waals surface area (Å²) in [5.74, 6) is -1.66. The molecule has 2 N–H and O–H groups in total. The molecule has 126 valence electrons. The molecular formula is C16H17N3O5. The van der Waals surface area contributed by atoms with Crippen LogP contribution in [0.2, 0.25) is 0 Å². The molecule has 0 bridgehead atoms. The van der Waals surface area contributed by atoms with Gasteiger partial charge in [-0.1, -0.05) is 17.7 Å². The van der Waals surface area contributed by atoms with Crippen LogP contribution in [0.5, 0.6) is 5.75 Å². The Hall–Kier alpha value is -3.16. The lowest BCUT2D eigenvalue weighted by Crippen LogP contribution is -2.27. The molecule has 1 aromatic carbocycles. The highest BCUT2D eigenvalue weighted by atomic mass is 16.5. The molecule has 0 spiro atoms. The first-order valence-corrected chi connectivity index (χ1v) is 7.22. The average Bonchev–Trinajstić information content (AvgIpc) is 2.54. The molecule has 2 aromatic rings. The predicted molar refractivity (Wildman–Crippen MR) is 85.2 cm³/mol. The van der Waals surface area contributed by atoms with Gasteiger partial charge in [-0.25, -0.2) is 4.79 Å². The van der Waals surface area contributed by atoms with Gasteiger partial charge in [-0.3, -0.25) is 9.59 Å². The topological polar surface area (TPSA) is 114 Å². The minimum Gasteiger partial charge on any atom is -0.481 e. The normalized spacial score (nSPS) is 10.2. The number of aromatic nitrogens is 2. The zero-order chi connectivity index (χ0) is 17.7. The number of amides is 1. The Bertz CT molecular complexity index is 811. The van der Waals surface area contributed by atoms with Crippen molar-refractivity contribution in [1.29, 1.82) is 0 Å². The summed E-state index contributed by atoms with van der Waals surface area (Å²) in [7, 11) is 0. The number of benzene rings is 1. The van der Waals surface area contributed by atoms with Crippen molar-refractivity contribution in [2.45, 2.75) is 13.8 Å². The van der Waals surface area contributed by atoms with Crippen LogP contribution in [0.3, 0.4) is 0 Å². The fraction of sp³-hybridized carbons (Fsp3) is 0.250. The average molecular weight is 331 g/mol. The Morgan fingerprint density at radius 3 is 2.50 bits per heavy atom. The van der Waals surface area contributed by atoms with Crippen LogP contribution < -0.4 is 16.0 Å². The summed E-state index contributed by atoms with van der Waals surface area (Å²) < 4.78 is 11.1. The smallest absolute Gasteiger partial charge is 0.362 e. The highest BCUT2D eigenvalue weighted by Crippen LogP contribution is 2.16. The molecule has 8 nitrogen and oxygen atoms in total. The van der Waals surface area contributed by atoms with Crippen molar-refractivity contribution < 1.29 is 19.1 Å². The van der Waals surface area contributed by atoms with E-state index in [9.17, 15) is 14.4 Å². The maximum absolute atomic E-state index is 12.3. The van der Waals surface area contributed by atoms with Crippen molar-refractivity contribution in [3.8, 4) is 11.4 Å². The molecule has 1 aromatic heterocycles. The Labute approximate surface area is 137 Å². The second kappa shape index (κ2) is 7.40. The van der Waals surface area contributed by atoms with Crippen LogP contribution >= 0.6 is 0 Å². The second-order valence-corrected chi connectivity index (χ2v) is 4.92. The van der Waals surface area contributed by atoms with Crippen LogP contribution in [0.4, 0.5) is 0 Å². The summed E-state index contributed by atoms with van der Waals surface area (Å²) in [6, 6.07) is 8.09. The van der Waals surface area contributed by atoms with Gasteiger partial charge in [-0.15, -0.1) is 0 Å². The lowest BCUT2D eigenvalue weighted by molar-refractivity contribution is -0.120. The van der Waals surface area contributed by atoms with Crippen molar-refractivity contribution in [2.75, 3.05) is 13.2 Å². The molecule has 0 aliphatic heterocycles. The summed E-state index contributed by atoms with van der Waals surface area (Å²) in [6.07, 6.45) is 0. The maximum Gasteiger partial charge on any atom is 0.362 e. The third-order valence-electron chi connectivity index (χ3n) is 3.01. The predicted octanol–water partition coefficient (Wildman–Crippen LogP) is 0.582. The molecule has 0 saturated heterocycles. The number of rotatable bonds is 6. The monoisotopic (exact) mass is 331 g/mol. The van der Waals surface area contributed by atoms with E-state index in [0.29, 0.717) is 5.69 Å². The zero-order valence-electron chi connectivity index (χ0n) is 13.3. The van der Waals surface area contributed by atoms with Crippen molar-refractivity contribution in [3.63, 3.8) is 0 Å². The van der Waals surface area contributed by atoms with E-state index in [1.807, 2.05) is 19.1 Å². The van der Waals surface area contributed by atoms with Gasteiger partial charge in [0.2, 0.25) is 5.69 Å². The highest BCUT2D eigenvalue weighted by Gasteiger charge is 2.20. The first-order valence-electron chi connectivity index (χ1n) is 7.22. The number of hydrogen-bond donors (Lipinski definition) is 1. The Morgan fingerprint density at radius 2 is 1.92 bits per heavy atom. The summed E-state index contributed by atoms with van der Waals surface area (Å²) >= 11 is 0. The highest BCUT2D eigenvalue weighted by molar-refractivity contribution is 5.90. The van der Waals surface area contributed by atoms with Gasteiger partial charge in [0.1, 0.15) is 0 Å². The molecule has 0 aliphatic rings. The van der Waals surface area contributed by atoms with E-state index in [1.54, 1.807) is 19.1 Å². The third-order valence-corrected chi connectivity index (χ3v) is 3.01. The molecule has 1 amide bonds. The first-order chi connectivity index (χ1) is 11.4. The van der Waals surface area contributed by atoms with Crippen LogP contribution in [-0.2, 0) is 9.53 Å². The molecule has 1 heterocycles. The SMILES string of the molecule is CCOC(=O)c1nn(-c2ccc(C)cc2)c(=O)cc1OCC(N)=O. The first kappa shape index (κ1) is 17.2. The van der Waals surface area contributed by atoms with Crippen molar-refractivity contribution in [3.05, 3.63) is 51.9 Å². The number of esters is 1. The number of carbonyl (C=O) groups excluding carboxylic acids is 2. The Kier molecular flexibility index (Phi) is 5.31. The fourth-order valence-electron chi connectivity index (χ4n) is 1.91. The van der Waals surface area contributed by atoms with Gasteiger partial charge in [-0.05, 0) is 26.0 Å². The molecule has 24 heavy (non-hydrogen) atoms. The lowest BCUT2D eigenvalue weighted by Gasteiger charge is -2.11. The van der Waals surface area contributed by atoms with Gasteiger partial charge in [0.05, 0.1) is 18.4 Å².